The van der Waals surface area contributed by atoms with E-state index in [4.69, 9.17) is 48.4 Å². The van der Waals surface area contributed by atoms with Crippen LogP contribution < -0.4 is 32.3 Å². The first-order valence-corrected chi connectivity index (χ1v) is 20.5. The number of hydrogen-bond donors (Lipinski definition) is 6. The number of esters is 1. The molecule has 60 heavy (non-hydrogen) atoms. The summed E-state index contributed by atoms with van der Waals surface area (Å²) in [5, 5.41) is 13.7. The van der Waals surface area contributed by atoms with Crippen LogP contribution in [0.5, 0.6) is 0 Å². The van der Waals surface area contributed by atoms with E-state index in [0.717, 1.165) is 12.1 Å². The second-order valence-corrected chi connectivity index (χ2v) is 13.5. The lowest BCUT2D eigenvalue weighted by Crippen LogP contribution is -2.54. The van der Waals surface area contributed by atoms with Gasteiger partial charge in [0.2, 0.25) is 17.7 Å². The number of anilines is 1. The molecular formula is C40H70N6O14. The third-order valence-corrected chi connectivity index (χ3v) is 8.10. The molecule has 0 heterocycles. The van der Waals surface area contributed by atoms with Crippen LogP contribution in [0.1, 0.15) is 45.6 Å². The number of urea groups is 1. The molecule has 344 valence electrons. The molecule has 0 aliphatic carbocycles. The van der Waals surface area contributed by atoms with Gasteiger partial charge in [0, 0.05) is 32.1 Å². The summed E-state index contributed by atoms with van der Waals surface area (Å²) in [6.07, 6.45) is 0.530. The highest BCUT2D eigenvalue weighted by molar-refractivity contribution is 5.98. The Hall–Kier alpha value is -3.99. The number of ether oxygens (including phenoxy) is 9. The van der Waals surface area contributed by atoms with Gasteiger partial charge in [-0.05, 0) is 43.5 Å². The molecule has 0 radical (unpaired) electrons. The number of nitrogens with one attached hydrogen (secondary N) is 5. The molecule has 0 fully saturated rings. The molecule has 5 amide bonds. The van der Waals surface area contributed by atoms with Crippen molar-refractivity contribution >= 4 is 35.4 Å². The first-order valence-electron chi connectivity index (χ1n) is 20.5. The van der Waals surface area contributed by atoms with Gasteiger partial charge in [0.15, 0.2) is 0 Å². The first kappa shape index (κ1) is 54.0. The summed E-state index contributed by atoms with van der Waals surface area (Å²) in [5.41, 5.74) is 6.34. The van der Waals surface area contributed by atoms with Crippen LogP contribution in [-0.2, 0) is 68.4 Å². The van der Waals surface area contributed by atoms with Crippen LogP contribution in [0, 0.1) is 5.92 Å². The Morgan fingerprint density at radius 1 is 0.617 bits per heavy atom. The largest absolute Gasteiger partial charge is 0.461 e. The van der Waals surface area contributed by atoms with Gasteiger partial charge in [-0.25, -0.2) is 4.79 Å². The Kier molecular flexibility index (Phi) is 33.2. The van der Waals surface area contributed by atoms with Gasteiger partial charge >= 0.3 is 12.0 Å². The SMILES string of the molecule is CNCCOCCOCCOCCOCCOCCOCCOCCOCCC(=O)N[C@H](C(=O)N[C@@H](CCCNC(N)=O)C(=O)Nc1ccc(COC(C)=O)cc1)C(C)C. The van der Waals surface area contributed by atoms with E-state index in [-0.39, 0.29) is 45.1 Å². The second kappa shape index (κ2) is 36.8. The third kappa shape index (κ3) is 31.0. The van der Waals surface area contributed by atoms with Crippen molar-refractivity contribution in [2.75, 3.05) is 131 Å². The summed E-state index contributed by atoms with van der Waals surface area (Å²) < 4.78 is 48.7. The van der Waals surface area contributed by atoms with Crippen molar-refractivity contribution in [2.24, 2.45) is 11.7 Å². The van der Waals surface area contributed by atoms with E-state index in [2.05, 4.69) is 26.6 Å². The predicted molar refractivity (Wildman–Crippen MR) is 221 cm³/mol. The summed E-state index contributed by atoms with van der Waals surface area (Å²) in [6, 6.07) is 4.07. The van der Waals surface area contributed by atoms with Crippen LogP contribution in [0.4, 0.5) is 10.5 Å². The number of likely N-dealkylation sites (N-methyl/N-ethyl adjacent to an activating group) is 1. The molecule has 20 heteroatoms. The number of carbonyl (C=O) groups is 5. The molecule has 0 saturated carbocycles. The zero-order valence-electron chi connectivity index (χ0n) is 35.9. The summed E-state index contributed by atoms with van der Waals surface area (Å²) in [7, 11) is 1.88. The van der Waals surface area contributed by atoms with Gasteiger partial charge in [0.05, 0.1) is 106 Å². The molecule has 1 aromatic rings. The summed E-state index contributed by atoms with van der Waals surface area (Å²) in [5.74, 6) is -2.13. The lowest BCUT2D eigenvalue weighted by atomic mass is 10.0. The van der Waals surface area contributed by atoms with Crippen molar-refractivity contribution in [3.63, 3.8) is 0 Å². The predicted octanol–water partition coefficient (Wildman–Crippen LogP) is 0.505. The average molecular weight is 859 g/mol. The van der Waals surface area contributed by atoms with Crippen molar-refractivity contribution in [2.45, 2.75) is 58.7 Å². The quantitative estimate of drug-likeness (QED) is 0.0390. The minimum absolute atomic E-state index is 0.0124. The molecule has 2 atom stereocenters. The molecule has 0 aliphatic heterocycles. The molecule has 0 aliphatic rings. The highest BCUT2D eigenvalue weighted by Crippen LogP contribution is 2.13. The first-order chi connectivity index (χ1) is 29.0. The topological polar surface area (TPSA) is 255 Å². The van der Waals surface area contributed by atoms with E-state index in [1.54, 1.807) is 38.1 Å². The van der Waals surface area contributed by atoms with E-state index >= 15 is 0 Å². The number of benzene rings is 1. The van der Waals surface area contributed by atoms with Crippen molar-refractivity contribution in [1.29, 1.82) is 0 Å². The second-order valence-electron chi connectivity index (χ2n) is 13.5. The van der Waals surface area contributed by atoms with E-state index in [1.807, 2.05) is 7.05 Å². The third-order valence-electron chi connectivity index (χ3n) is 8.10. The standard InChI is InChI=1S/C40H70N6O14/c1-31(2)37(39(50)45-35(6-5-12-43-40(41)51)38(49)44-34-9-7-33(8-10-34)30-60-32(3)47)46-36(48)11-14-52-16-18-54-20-22-56-24-26-58-28-29-59-27-25-57-23-21-55-19-17-53-15-13-42-4/h7-10,31,35,37,42H,5-6,11-30H2,1-4H3,(H,44,49)(H,45,50)(H,46,48)(H3,41,43,51)/t35-,37-/m0/s1. The van der Waals surface area contributed by atoms with Crippen LogP contribution in [0.3, 0.4) is 0 Å². The highest BCUT2D eigenvalue weighted by atomic mass is 16.6. The van der Waals surface area contributed by atoms with Crippen molar-refractivity contribution < 1.29 is 66.6 Å². The van der Waals surface area contributed by atoms with Gasteiger partial charge in [-0.3, -0.25) is 19.2 Å². The fraction of sp³-hybridized carbons (Fsp3) is 0.725. The van der Waals surface area contributed by atoms with Crippen LogP contribution in [0.15, 0.2) is 24.3 Å². The maximum atomic E-state index is 13.4. The van der Waals surface area contributed by atoms with Crippen molar-refractivity contribution in [3.05, 3.63) is 29.8 Å². The molecule has 1 rings (SSSR count). The Balaban J connectivity index is 2.20. The van der Waals surface area contributed by atoms with Gasteiger partial charge in [-0.1, -0.05) is 26.0 Å². The van der Waals surface area contributed by atoms with Gasteiger partial charge < -0.3 is 74.9 Å². The molecule has 0 spiro atoms. The summed E-state index contributed by atoms with van der Waals surface area (Å²) in [4.78, 5) is 61.6. The fourth-order valence-electron chi connectivity index (χ4n) is 4.91. The zero-order valence-corrected chi connectivity index (χ0v) is 35.9. The Labute approximate surface area is 354 Å². The number of primary amides is 1. The maximum absolute atomic E-state index is 13.4. The molecular weight excluding hydrogens is 788 g/mol. The number of amides is 5. The van der Waals surface area contributed by atoms with Crippen LogP contribution in [-0.4, -0.2) is 168 Å². The smallest absolute Gasteiger partial charge is 0.312 e. The highest BCUT2D eigenvalue weighted by Gasteiger charge is 2.29. The summed E-state index contributed by atoms with van der Waals surface area (Å²) in [6.45, 7) is 13.0. The minimum Gasteiger partial charge on any atom is -0.461 e. The molecule has 0 saturated heterocycles. The Morgan fingerprint density at radius 2 is 1.08 bits per heavy atom. The van der Waals surface area contributed by atoms with E-state index in [0.29, 0.717) is 105 Å². The molecule has 20 nitrogen and oxygen atoms in total. The lowest BCUT2D eigenvalue weighted by molar-refractivity contribution is -0.142. The van der Waals surface area contributed by atoms with Crippen LogP contribution >= 0.6 is 0 Å². The molecule has 0 bridgehead atoms. The van der Waals surface area contributed by atoms with Crippen LogP contribution in [0.2, 0.25) is 0 Å². The minimum atomic E-state index is -0.989. The average Bonchev–Trinajstić information content (AvgIpc) is 3.21. The molecule has 1 aromatic carbocycles. The van der Waals surface area contributed by atoms with Crippen molar-refractivity contribution in [1.82, 2.24) is 21.3 Å². The van der Waals surface area contributed by atoms with Crippen LogP contribution in [0.25, 0.3) is 0 Å². The van der Waals surface area contributed by atoms with E-state index in [9.17, 15) is 24.0 Å². The number of rotatable bonds is 39. The van der Waals surface area contributed by atoms with Gasteiger partial charge in [-0.15, -0.1) is 0 Å². The summed E-state index contributed by atoms with van der Waals surface area (Å²) >= 11 is 0. The monoisotopic (exact) mass is 858 g/mol. The number of carbonyl (C=O) groups excluding carboxylic acids is 5. The van der Waals surface area contributed by atoms with Gasteiger partial charge in [0.1, 0.15) is 18.7 Å². The number of nitrogens with two attached hydrogens (primary N) is 1. The fourth-order valence-corrected chi connectivity index (χ4v) is 4.91. The molecule has 0 aromatic heterocycles. The number of hydrogen-bond acceptors (Lipinski definition) is 15. The lowest BCUT2D eigenvalue weighted by Gasteiger charge is -2.25. The maximum Gasteiger partial charge on any atom is 0.312 e. The molecule has 7 N–H and O–H groups in total. The molecule has 0 unspecified atom stereocenters. The van der Waals surface area contributed by atoms with Crippen molar-refractivity contribution in [3.8, 4) is 0 Å². The zero-order chi connectivity index (χ0) is 44.1. The normalized spacial score (nSPS) is 12.2. The van der Waals surface area contributed by atoms with Gasteiger partial charge in [-0.2, -0.15) is 0 Å². The van der Waals surface area contributed by atoms with Gasteiger partial charge in [0.25, 0.3) is 0 Å². The van der Waals surface area contributed by atoms with E-state index < -0.39 is 41.8 Å². The Bertz CT molecular complexity index is 1290. The van der Waals surface area contributed by atoms with E-state index in [1.165, 1.54) is 6.92 Å². The Morgan fingerprint density at radius 3 is 1.52 bits per heavy atom.